The Bertz CT molecular complexity index is 729. The maximum Gasteiger partial charge on any atom is 0.230 e. The molecule has 0 aliphatic heterocycles. The van der Waals surface area contributed by atoms with E-state index in [0.717, 1.165) is 17.0 Å². The summed E-state index contributed by atoms with van der Waals surface area (Å²) in [4.78, 5) is 23.3. The van der Waals surface area contributed by atoms with Crippen molar-refractivity contribution in [1.82, 2.24) is 5.32 Å². The van der Waals surface area contributed by atoms with Crippen LogP contribution in [0.4, 0.5) is 5.69 Å². The van der Waals surface area contributed by atoms with Crippen molar-refractivity contribution in [2.24, 2.45) is 0 Å². The first-order valence-corrected chi connectivity index (χ1v) is 9.39. The van der Waals surface area contributed by atoms with Crippen molar-refractivity contribution >= 4 is 29.3 Å². The molecule has 0 radical (unpaired) electrons. The number of aryl methyl sites for hydroxylation is 1. The molecular formula is C20H24N2O2S. The summed E-state index contributed by atoms with van der Waals surface area (Å²) >= 11 is 1.60. The van der Waals surface area contributed by atoms with Crippen LogP contribution in [0, 0.1) is 6.92 Å². The Hall–Kier alpha value is -2.27. The molecule has 2 aromatic carbocycles. The van der Waals surface area contributed by atoms with Crippen LogP contribution in [0.25, 0.3) is 0 Å². The monoisotopic (exact) mass is 356 g/mol. The molecule has 0 aromatic heterocycles. The van der Waals surface area contributed by atoms with Crippen LogP contribution in [0.2, 0.25) is 0 Å². The highest BCUT2D eigenvalue weighted by Gasteiger charge is 2.10. The molecule has 0 spiro atoms. The molecule has 0 saturated heterocycles. The molecular weight excluding hydrogens is 332 g/mol. The largest absolute Gasteiger partial charge is 0.349 e. The molecule has 0 bridgehead atoms. The zero-order chi connectivity index (χ0) is 18.2. The smallest absolute Gasteiger partial charge is 0.230 e. The van der Waals surface area contributed by atoms with Crippen LogP contribution in [-0.4, -0.2) is 17.6 Å². The minimum absolute atomic E-state index is 0.00884. The van der Waals surface area contributed by atoms with Crippen molar-refractivity contribution in [3.05, 3.63) is 65.2 Å². The molecule has 2 N–H and O–H groups in total. The summed E-state index contributed by atoms with van der Waals surface area (Å²) in [5, 5.41) is 5.75. The number of anilines is 1. The average Bonchev–Trinajstić information content (AvgIpc) is 2.56. The summed E-state index contributed by atoms with van der Waals surface area (Å²) in [6.07, 6.45) is 0. The minimum Gasteiger partial charge on any atom is -0.349 e. The van der Waals surface area contributed by atoms with Gasteiger partial charge in [0.15, 0.2) is 0 Å². The van der Waals surface area contributed by atoms with Crippen LogP contribution < -0.4 is 10.6 Å². The molecule has 1 atom stereocenters. The molecule has 2 amide bonds. The summed E-state index contributed by atoms with van der Waals surface area (Å²) in [7, 11) is 0. The highest BCUT2D eigenvalue weighted by atomic mass is 32.2. The molecule has 0 aliphatic rings. The zero-order valence-corrected chi connectivity index (χ0v) is 15.7. The van der Waals surface area contributed by atoms with Gasteiger partial charge in [0, 0.05) is 18.4 Å². The fraction of sp³-hybridized carbons (Fsp3) is 0.300. The SMILES string of the molecule is CC(=O)Nc1cccc(C(C)NC(=O)CSCc2ccc(C)cc2)c1. The van der Waals surface area contributed by atoms with E-state index >= 15 is 0 Å². The average molecular weight is 356 g/mol. The van der Waals surface area contributed by atoms with Gasteiger partial charge in [-0.25, -0.2) is 0 Å². The van der Waals surface area contributed by atoms with Gasteiger partial charge in [-0.3, -0.25) is 9.59 Å². The number of carbonyl (C=O) groups excluding carboxylic acids is 2. The van der Waals surface area contributed by atoms with Crippen molar-refractivity contribution in [3.63, 3.8) is 0 Å². The molecule has 132 valence electrons. The Morgan fingerprint density at radius 3 is 2.52 bits per heavy atom. The van der Waals surface area contributed by atoms with Gasteiger partial charge in [0.05, 0.1) is 11.8 Å². The van der Waals surface area contributed by atoms with E-state index in [1.807, 2.05) is 31.2 Å². The van der Waals surface area contributed by atoms with Gasteiger partial charge in [-0.05, 0) is 37.1 Å². The molecule has 1 unspecified atom stereocenters. The Morgan fingerprint density at radius 2 is 1.84 bits per heavy atom. The minimum atomic E-state index is -0.110. The van der Waals surface area contributed by atoms with Crippen LogP contribution in [0.3, 0.4) is 0 Å². The molecule has 4 nitrogen and oxygen atoms in total. The van der Waals surface area contributed by atoms with Gasteiger partial charge in [-0.2, -0.15) is 0 Å². The molecule has 0 aliphatic carbocycles. The highest BCUT2D eigenvalue weighted by molar-refractivity contribution is 7.99. The Labute approximate surface area is 153 Å². The molecule has 0 fully saturated rings. The first-order valence-electron chi connectivity index (χ1n) is 8.24. The van der Waals surface area contributed by atoms with Crippen molar-refractivity contribution in [1.29, 1.82) is 0 Å². The van der Waals surface area contributed by atoms with Gasteiger partial charge >= 0.3 is 0 Å². The van der Waals surface area contributed by atoms with E-state index in [0.29, 0.717) is 5.75 Å². The second kappa shape index (κ2) is 9.28. The van der Waals surface area contributed by atoms with Crippen LogP contribution in [0.1, 0.15) is 36.6 Å². The molecule has 5 heteroatoms. The van der Waals surface area contributed by atoms with E-state index in [-0.39, 0.29) is 17.9 Å². The van der Waals surface area contributed by atoms with Gasteiger partial charge in [-0.15, -0.1) is 11.8 Å². The van der Waals surface area contributed by atoms with E-state index in [2.05, 4.69) is 41.8 Å². The first-order chi connectivity index (χ1) is 11.9. The van der Waals surface area contributed by atoms with Crippen molar-refractivity contribution < 1.29 is 9.59 Å². The van der Waals surface area contributed by atoms with E-state index in [1.54, 1.807) is 11.8 Å². The fourth-order valence-corrected chi connectivity index (χ4v) is 3.20. The van der Waals surface area contributed by atoms with Gasteiger partial charge in [-0.1, -0.05) is 42.0 Å². The zero-order valence-electron chi connectivity index (χ0n) is 14.8. The first kappa shape index (κ1) is 19.1. The van der Waals surface area contributed by atoms with Crippen LogP contribution in [0.5, 0.6) is 0 Å². The highest BCUT2D eigenvalue weighted by Crippen LogP contribution is 2.18. The second-order valence-corrected chi connectivity index (χ2v) is 7.06. The van der Waals surface area contributed by atoms with Crippen LogP contribution in [-0.2, 0) is 15.3 Å². The number of benzene rings is 2. The van der Waals surface area contributed by atoms with E-state index in [1.165, 1.54) is 18.1 Å². The Balaban J connectivity index is 1.81. The van der Waals surface area contributed by atoms with Crippen molar-refractivity contribution in [3.8, 4) is 0 Å². The second-order valence-electron chi connectivity index (χ2n) is 6.07. The van der Waals surface area contributed by atoms with Crippen molar-refractivity contribution in [2.45, 2.75) is 32.6 Å². The number of hydrogen-bond donors (Lipinski definition) is 2. The third-order valence-electron chi connectivity index (χ3n) is 3.71. The molecule has 0 saturated carbocycles. The lowest BCUT2D eigenvalue weighted by Gasteiger charge is -2.15. The Kier molecular flexibility index (Phi) is 7.07. The number of thioether (sulfide) groups is 1. The van der Waals surface area contributed by atoms with E-state index < -0.39 is 0 Å². The van der Waals surface area contributed by atoms with Crippen LogP contribution in [0.15, 0.2) is 48.5 Å². The molecule has 2 rings (SSSR count). The quantitative estimate of drug-likeness (QED) is 0.786. The maximum atomic E-state index is 12.1. The number of rotatable bonds is 7. The molecule has 25 heavy (non-hydrogen) atoms. The van der Waals surface area contributed by atoms with Crippen LogP contribution >= 0.6 is 11.8 Å². The number of nitrogens with one attached hydrogen (secondary N) is 2. The Morgan fingerprint density at radius 1 is 1.12 bits per heavy atom. The predicted molar refractivity (Wildman–Crippen MR) is 105 cm³/mol. The van der Waals surface area contributed by atoms with Gasteiger partial charge in [0.2, 0.25) is 11.8 Å². The summed E-state index contributed by atoms with van der Waals surface area (Å²) in [5.41, 5.74) is 4.16. The summed E-state index contributed by atoms with van der Waals surface area (Å²) in [6, 6.07) is 15.8. The summed E-state index contributed by atoms with van der Waals surface area (Å²) < 4.78 is 0. The lowest BCUT2D eigenvalue weighted by molar-refractivity contribution is -0.119. The normalized spacial score (nSPS) is 11.6. The molecule has 2 aromatic rings. The number of amides is 2. The standard InChI is InChI=1S/C20H24N2O2S/c1-14-7-9-17(10-8-14)12-25-13-20(24)21-15(2)18-5-4-6-19(11-18)22-16(3)23/h4-11,15H,12-13H2,1-3H3,(H,21,24)(H,22,23). The number of hydrogen-bond acceptors (Lipinski definition) is 3. The van der Waals surface area contributed by atoms with Gasteiger partial charge in [0.1, 0.15) is 0 Å². The lowest BCUT2D eigenvalue weighted by atomic mass is 10.1. The maximum absolute atomic E-state index is 12.1. The van der Waals surface area contributed by atoms with Gasteiger partial charge in [0.25, 0.3) is 0 Å². The summed E-state index contributed by atoms with van der Waals surface area (Å²) in [5.74, 6) is 1.14. The van der Waals surface area contributed by atoms with E-state index in [4.69, 9.17) is 0 Å². The third kappa shape index (κ3) is 6.63. The lowest BCUT2D eigenvalue weighted by Crippen LogP contribution is -2.28. The fourth-order valence-electron chi connectivity index (χ4n) is 2.40. The van der Waals surface area contributed by atoms with Crippen molar-refractivity contribution in [2.75, 3.05) is 11.1 Å². The van der Waals surface area contributed by atoms with E-state index in [9.17, 15) is 9.59 Å². The topological polar surface area (TPSA) is 58.2 Å². The number of carbonyl (C=O) groups is 2. The predicted octanol–water partition coefficient (Wildman–Crippen LogP) is 4.06. The molecule has 0 heterocycles. The third-order valence-corrected chi connectivity index (χ3v) is 4.71. The summed E-state index contributed by atoms with van der Waals surface area (Å²) in [6.45, 7) is 5.48. The van der Waals surface area contributed by atoms with Gasteiger partial charge < -0.3 is 10.6 Å².